The van der Waals surface area contributed by atoms with Crippen LogP contribution in [0.4, 0.5) is 0 Å². The third-order valence-electron chi connectivity index (χ3n) is 10.3. The molecule has 0 spiro atoms. The van der Waals surface area contributed by atoms with Crippen molar-refractivity contribution in [3.8, 4) is 17.6 Å². The number of phenolic OH excluding ortho intramolecular Hbond substituents is 1. The van der Waals surface area contributed by atoms with E-state index in [-0.39, 0.29) is 30.1 Å². The van der Waals surface area contributed by atoms with Crippen molar-refractivity contribution in [1.82, 2.24) is 0 Å². The van der Waals surface area contributed by atoms with E-state index in [0.29, 0.717) is 11.1 Å². The highest BCUT2D eigenvalue weighted by molar-refractivity contribution is 6.09. The first-order chi connectivity index (χ1) is 18.7. The SMILES string of the molecule is CC(C)[C@H]1C(O)[C@@H](C(N)=O)C(=O)[C@]2(O)C(O)[C@H]3C(=O)c4c(O)ccc(C#CC5=CCCCC5)c4C[C@]3(C)C[C@]12C. The summed E-state index contributed by atoms with van der Waals surface area (Å²) in [5.74, 6) is -0.591. The monoisotopic (exact) mass is 549 g/mol. The number of aliphatic hydroxyl groups excluding tert-OH is 2. The van der Waals surface area contributed by atoms with Gasteiger partial charge in [0.1, 0.15) is 17.8 Å². The van der Waals surface area contributed by atoms with E-state index >= 15 is 0 Å². The van der Waals surface area contributed by atoms with Crippen LogP contribution < -0.4 is 5.73 Å². The third kappa shape index (κ3) is 3.82. The van der Waals surface area contributed by atoms with E-state index in [1.165, 1.54) is 6.07 Å². The summed E-state index contributed by atoms with van der Waals surface area (Å²) in [5, 5.41) is 46.1. The summed E-state index contributed by atoms with van der Waals surface area (Å²) in [6, 6.07) is 3.10. The third-order valence-corrected chi connectivity index (χ3v) is 10.3. The smallest absolute Gasteiger partial charge is 0.230 e. The molecule has 4 aliphatic carbocycles. The van der Waals surface area contributed by atoms with Crippen LogP contribution in [0.2, 0.25) is 0 Å². The molecule has 1 aromatic rings. The average molecular weight is 550 g/mol. The minimum absolute atomic E-state index is 0.0355. The van der Waals surface area contributed by atoms with Crippen molar-refractivity contribution < 1.29 is 34.8 Å². The minimum atomic E-state index is -2.52. The molecular formula is C32H39NO7. The number of aromatic hydroxyl groups is 1. The highest BCUT2D eigenvalue weighted by Gasteiger charge is 2.75. The predicted molar refractivity (Wildman–Crippen MR) is 147 cm³/mol. The Balaban J connectivity index is 1.67. The second-order valence-electron chi connectivity index (χ2n) is 13.2. The van der Waals surface area contributed by atoms with Crippen LogP contribution in [0.25, 0.3) is 0 Å². The molecule has 2 saturated carbocycles. The molecule has 8 heteroatoms. The van der Waals surface area contributed by atoms with Gasteiger partial charge in [0.25, 0.3) is 0 Å². The van der Waals surface area contributed by atoms with E-state index in [2.05, 4.69) is 17.9 Å². The predicted octanol–water partition coefficient (Wildman–Crippen LogP) is 2.42. The van der Waals surface area contributed by atoms with Gasteiger partial charge in [0.2, 0.25) is 5.91 Å². The number of phenols is 1. The van der Waals surface area contributed by atoms with Crippen LogP contribution in [0.15, 0.2) is 23.8 Å². The lowest BCUT2D eigenvalue weighted by molar-refractivity contribution is -0.265. The number of nitrogens with two attached hydrogens (primary N) is 1. The molecule has 0 radical (unpaired) electrons. The van der Waals surface area contributed by atoms with Gasteiger partial charge in [-0.15, -0.1) is 0 Å². The van der Waals surface area contributed by atoms with Gasteiger partial charge in [-0.25, -0.2) is 0 Å². The normalized spacial score (nSPS) is 38.9. The molecular weight excluding hydrogens is 510 g/mol. The largest absolute Gasteiger partial charge is 0.507 e. The Morgan fingerprint density at radius 1 is 1.12 bits per heavy atom. The molecule has 214 valence electrons. The van der Waals surface area contributed by atoms with Crippen LogP contribution in [0.1, 0.15) is 81.3 Å². The summed E-state index contributed by atoms with van der Waals surface area (Å²) >= 11 is 0. The number of allylic oxidation sites excluding steroid dienone is 2. The molecule has 1 amide bonds. The molecule has 0 saturated heterocycles. The number of rotatable bonds is 2. The maximum atomic E-state index is 14.1. The Labute approximate surface area is 234 Å². The number of carbonyl (C=O) groups excluding carboxylic acids is 3. The summed E-state index contributed by atoms with van der Waals surface area (Å²) in [4.78, 5) is 40.2. The highest BCUT2D eigenvalue weighted by Crippen LogP contribution is 2.65. The fourth-order valence-electron chi connectivity index (χ4n) is 8.75. The van der Waals surface area contributed by atoms with Gasteiger partial charge in [-0.1, -0.05) is 45.6 Å². The van der Waals surface area contributed by atoms with Crippen LogP contribution >= 0.6 is 0 Å². The van der Waals surface area contributed by atoms with Crippen molar-refractivity contribution in [3.63, 3.8) is 0 Å². The van der Waals surface area contributed by atoms with Gasteiger partial charge < -0.3 is 26.2 Å². The minimum Gasteiger partial charge on any atom is -0.507 e. The van der Waals surface area contributed by atoms with E-state index in [1.807, 2.05) is 20.8 Å². The summed E-state index contributed by atoms with van der Waals surface area (Å²) in [7, 11) is 0. The lowest BCUT2D eigenvalue weighted by atomic mass is 9.39. The van der Waals surface area contributed by atoms with Gasteiger partial charge in [0.15, 0.2) is 17.2 Å². The number of amides is 1. The lowest BCUT2D eigenvalue weighted by Gasteiger charge is -2.66. The summed E-state index contributed by atoms with van der Waals surface area (Å²) in [5.41, 5.74) is 2.93. The summed E-state index contributed by atoms with van der Waals surface area (Å²) < 4.78 is 0. The van der Waals surface area contributed by atoms with E-state index in [4.69, 9.17) is 5.73 Å². The van der Waals surface area contributed by atoms with Gasteiger partial charge in [-0.3, -0.25) is 14.4 Å². The van der Waals surface area contributed by atoms with E-state index in [0.717, 1.165) is 31.3 Å². The van der Waals surface area contributed by atoms with Crippen molar-refractivity contribution >= 4 is 17.5 Å². The summed E-state index contributed by atoms with van der Waals surface area (Å²) in [6.45, 7) is 7.13. The van der Waals surface area contributed by atoms with Crippen molar-refractivity contribution in [2.45, 2.75) is 84.0 Å². The van der Waals surface area contributed by atoms with Gasteiger partial charge in [-0.2, -0.15) is 0 Å². The standard InChI is InChI=1S/C32H39NO7/c1-16(2)23-26(36)22(29(33)39)27(37)32(40)28(38)24-25(35)21-19(14-30(24,3)15-31(23,32)4)18(12-13-20(21)34)11-10-17-8-6-5-7-9-17/h8,12-13,16,22-24,26,28,34,36,38,40H,5-7,9,14-15H2,1-4H3,(H2,33,39)/t22-,23+,24-,26?,28?,30-,31-,32+/m1/s1. The zero-order valence-corrected chi connectivity index (χ0v) is 23.5. The number of hydrogen-bond donors (Lipinski definition) is 5. The van der Waals surface area contributed by atoms with Crippen molar-refractivity contribution in [2.75, 3.05) is 0 Å². The maximum absolute atomic E-state index is 14.1. The number of primary amides is 1. The molecule has 5 rings (SSSR count). The van der Waals surface area contributed by atoms with E-state index in [9.17, 15) is 34.8 Å². The Kier molecular flexibility index (Phi) is 6.81. The molecule has 0 aromatic heterocycles. The number of ketones is 2. The molecule has 0 heterocycles. The Bertz CT molecular complexity index is 1390. The average Bonchev–Trinajstić information content (AvgIpc) is 2.86. The second kappa shape index (κ2) is 9.54. The number of Topliss-reactive ketones (excluding diaryl/α,β-unsaturated/α-hetero) is 2. The molecule has 8 atom stereocenters. The molecule has 0 aliphatic heterocycles. The molecule has 1 aromatic carbocycles. The number of fused-ring (bicyclic) bond motifs is 3. The Hall–Kier alpha value is -2.99. The van der Waals surface area contributed by atoms with Crippen LogP contribution in [-0.4, -0.2) is 55.7 Å². The van der Waals surface area contributed by atoms with Crippen molar-refractivity contribution in [1.29, 1.82) is 0 Å². The van der Waals surface area contributed by atoms with E-state index < -0.39 is 63.9 Å². The fourth-order valence-corrected chi connectivity index (χ4v) is 8.75. The van der Waals surface area contributed by atoms with Gasteiger partial charge in [-0.05, 0) is 79.0 Å². The highest BCUT2D eigenvalue weighted by atomic mass is 16.4. The first kappa shape index (κ1) is 28.5. The zero-order chi connectivity index (χ0) is 29.4. The Morgan fingerprint density at radius 3 is 2.42 bits per heavy atom. The van der Waals surface area contributed by atoms with E-state index in [1.54, 1.807) is 13.0 Å². The van der Waals surface area contributed by atoms with Crippen LogP contribution in [0.5, 0.6) is 5.75 Å². The van der Waals surface area contributed by atoms with Crippen molar-refractivity contribution in [3.05, 3.63) is 40.5 Å². The lowest BCUT2D eigenvalue weighted by Crippen LogP contribution is -2.79. The molecule has 2 fully saturated rings. The number of benzene rings is 1. The van der Waals surface area contributed by atoms with Gasteiger partial charge in [0, 0.05) is 11.0 Å². The Morgan fingerprint density at radius 2 is 1.82 bits per heavy atom. The maximum Gasteiger partial charge on any atom is 0.230 e. The molecule has 2 unspecified atom stereocenters. The zero-order valence-electron chi connectivity index (χ0n) is 23.5. The topological polar surface area (TPSA) is 158 Å². The second-order valence-corrected chi connectivity index (χ2v) is 13.2. The first-order valence-electron chi connectivity index (χ1n) is 14.2. The summed E-state index contributed by atoms with van der Waals surface area (Å²) in [6.07, 6.45) is 3.23. The number of carbonyl (C=O) groups is 3. The van der Waals surface area contributed by atoms with Crippen LogP contribution in [0.3, 0.4) is 0 Å². The molecule has 8 nitrogen and oxygen atoms in total. The van der Waals surface area contributed by atoms with Crippen LogP contribution in [-0.2, 0) is 16.0 Å². The molecule has 40 heavy (non-hydrogen) atoms. The van der Waals surface area contributed by atoms with Crippen molar-refractivity contribution in [2.24, 2.45) is 40.2 Å². The first-order valence-corrected chi connectivity index (χ1v) is 14.2. The van der Waals surface area contributed by atoms with Gasteiger partial charge in [0.05, 0.1) is 17.6 Å². The molecule has 4 aliphatic rings. The van der Waals surface area contributed by atoms with Crippen LogP contribution in [0, 0.1) is 46.3 Å². The molecule has 6 N–H and O–H groups in total. The number of hydrogen-bond acceptors (Lipinski definition) is 7. The fraction of sp³-hybridized carbons (Fsp3) is 0.594. The molecule has 0 bridgehead atoms. The van der Waals surface area contributed by atoms with Gasteiger partial charge >= 0.3 is 0 Å². The quantitative estimate of drug-likeness (QED) is 0.280. The number of aliphatic hydroxyl groups is 3.